The van der Waals surface area contributed by atoms with Crippen LogP contribution in [0.2, 0.25) is 0 Å². The average molecular weight is 362 g/mol. The zero-order valence-electron chi connectivity index (χ0n) is 14.6. The van der Waals surface area contributed by atoms with Crippen LogP contribution in [0.5, 0.6) is 5.75 Å². The van der Waals surface area contributed by atoms with E-state index in [0.29, 0.717) is 11.4 Å². The van der Waals surface area contributed by atoms with Gasteiger partial charge in [-0.15, -0.1) is 0 Å². The lowest BCUT2D eigenvalue weighted by Crippen LogP contribution is -2.27. The first kappa shape index (κ1) is 19.2. The third kappa shape index (κ3) is 5.73. The van der Waals surface area contributed by atoms with E-state index in [9.17, 15) is 19.3 Å². The molecule has 138 valence electrons. The first-order chi connectivity index (χ1) is 12.1. The summed E-state index contributed by atoms with van der Waals surface area (Å²) in [5, 5.41) is 13.3. The summed E-state index contributed by atoms with van der Waals surface area (Å²) in [6.45, 7) is 5.12. The third-order valence-corrected chi connectivity index (χ3v) is 3.13. The molecule has 0 unspecified atom stereocenters. The Morgan fingerprint density at radius 1 is 1.19 bits per heavy atom. The normalized spacial score (nSPS) is 10.9. The standard InChI is InChI=1S/C18H19FN2O5/c1-18(2,3)26-17(22)20-13-4-7-15(8-5-13)25-11-12-10-14(21(23)24)6-9-16(12)19/h4-10H,11H2,1-3H3,(H,20,22). The van der Waals surface area contributed by atoms with Crippen LogP contribution in [-0.2, 0) is 11.3 Å². The van der Waals surface area contributed by atoms with Crippen molar-refractivity contribution < 1.29 is 23.6 Å². The van der Waals surface area contributed by atoms with E-state index in [1.165, 1.54) is 0 Å². The van der Waals surface area contributed by atoms with Crippen LogP contribution in [0.15, 0.2) is 42.5 Å². The number of halogens is 1. The van der Waals surface area contributed by atoms with Crippen LogP contribution in [0.1, 0.15) is 26.3 Å². The molecule has 0 fully saturated rings. The van der Waals surface area contributed by atoms with E-state index in [1.54, 1.807) is 45.0 Å². The molecule has 8 heteroatoms. The number of carbonyl (C=O) groups is 1. The molecule has 0 bridgehead atoms. The number of hydrogen-bond acceptors (Lipinski definition) is 5. The van der Waals surface area contributed by atoms with Crippen LogP contribution in [-0.4, -0.2) is 16.6 Å². The molecule has 26 heavy (non-hydrogen) atoms. The van der Waals surface area contributed by atoms with Gasteiger partial charge in [0.2, 0.25) is 0 Å². The van der Waals surface area contributed by atoms with Crippen molar-refractivity contribution in [1.82, 2.24) is 0 Å². The van der Waals surface area contributed by atoms with Gasteiger partial charge < -0.3 is 9.47 Å². The van der Waals surface area contributed by atoms with Crippen LogP contribution < -0.4 is 10.1 Å². The van der Waals surface area contributed by atoms with Crippen LogP contribution in [0.25, 0.3) is 0 Å². The topological polar surface area (TPSA) is 90.7 Å². The number of anilines is 1. The van der Waals surface area contributed by atoms with Gasteiger partial charge in [-0.3, -0.25) is 15.4 Å². The molecule has 0 saturated heterocycles. The number of nitro benzene ring substituents is 1. The van der Waals surface area contributed by atoms with Gasteiger partial charge in [0.1, 0.15) is 23.8 Å². The van der Waals surface area contributed by atoms with E-state index < -0.39 is 22.4 Å². The van der Waals surface area contributed by atoms with Crippen molar-refractivity contribution in [1.29, 1.82) is 0 Å². The summed E-state index contributed by atoms with van der Waals surface area (Å²) in [7, 11) is 0. The number of benzene rings is 2. The van der Waals surface area contributed by atoms with Crippen molar-refractivity contribution in [3.63, 3.8) is 0 Å². The van der Waals surface area contributed by atoms with Crippen LogP contribution >= 0.6 is 0 Å². The Morgan fingerprint density at radius 2 is 1.85 bits per heavy atom. The van der Waals surface area contributed by atoms with Crippen molar-refractivity contribution in [3.05, 3.63) is 64.0 Å². The fourth-order valence-corrected chi connectivity index (χ4v) is 2.00. The number of nitrogens with one attached hydrogen (secondary N) is 1. The molecule has 0 heterocycles. The second-order valence-electron chi connectivity index (χ2n) is 6.47. The number of non-ortho nitro benzene ring substituents is 1. The summed E-state index contributed by atoms with van der Waals surface area (Å²) in [5.41, 5.74) is -0.222. The highest BCUT2D eigenvalue weighted by molar-refractivity contribution is 5.84. The maximum Gasteiger partial charge on any atom is 0.412 e. The highest BCUT2D eigenvalue weighted by Gasteiger charge is 2.16. The van der Waals surface area contributed by atoms with Gasteiger partial charge in [0, 0.05) is 23.4 Å². The van der Waals surface area contributed by atoms with Gasteiger partial charge in [0.05, 0.1) is 4.92 Å². The Balaban J connectivity index is 1.97. The van der Waals surface area contributed by atoms with Gasteiger partial charge >= 0.3 is 6.09 Å². The van der Waals surface area contributed by atoms with Crippen molar-refractivity contribution >= 4 is 17.5 Å². The Labute approximate surface area is 149 Å². The van der Waals surface area contributed by atoms with E-state index in [4.69, 9.17) is 9.47 Å². The highest BCUT2D eigenvalue weighted by Crippen LogP contribution is 2.21. The maximum absolute atomic E-state index is 13.7. The largest absolute Gasteiger partial charge is 0.489 e. The number of nitro groups is 1. The minimum Gasteiger partial charge on any atom is -0.489 e. The molecule has 0 atom stereocenters. The Hall–Kier alpha value is -3.16. The minimum absolute atomic E-state index is 0.0788. The van der Waals surface area contributed by atoms with Crippen molar-refractivity contribution in [2.75, 3.05) is 5.32 Å². The molecule has 2 aromatic carbocycles. The summed E-state index contributed by atoms with van der Waals surface area (Å²) in [4.78, 5) is 21.8. The Kier molecular flexibility index (Phi) is 5.76. The fourth-order valence-electron chi connectivity index (χ4n) is 2.00. The molecule has 0 spiro atoms. The molecular formula is C18H19FN2O5. The first-order valence-electron chi connectivity index (χ1n) is 7.80. The van der Waals surface area contributed by atoms with Crippen molar-refractivity contribution in [2.45, 2.75) is 33.0 Å². The molecule has 2 aromatic rings. The number of carbonyl (C=O) groups excluding carboxylic acids is 1. The number of amides is 1. The van der Waals surface area contributed by atoms with E-state index in [-0.39, 0.29) is 17.9 Å². The lowest BCUT2D eigenvalue weighted by atomic mass is 10.2. The molecule has 0 aliphatic carbocycles. The average Bonchev–Trinajstić information content (AvgIpc) is 2.53. The zero-order chi connectivity index (χ0) is 19.3. The lowest BCUT2D eigenvalue weighted by Gasteiger charge is -2.19. The smallest absolute Gasteiger partial charge is 0.412 e. The van der Waals surface area contributed by atoms with Gasteiger partial charge in [-0.1, -0.05) is 0 Å². The molecule has 0 aliphatic heterocycles. The van der Waals surface area contributed by atoms with E-state index in [1.807, 2.05) is 0 Å². The number of hydrogen-bond donors (Lipinski definition) is 1. The molecule has 1 amide bonds. The monoisotopic (exact) mass is 362 g/mol. The summed E-state index contributed by atoms with van der Waals surface area (Å²) >= 11 is 0. The summed E-state index contributed by atoms with van der Waals surface area (Å²) in [6.07, 6.45) is -0.579. The Bertz CT molecular complexity index is 800. The van der Waals surface area contributed by atoms with Gasteiger partial charge in [-0.25, -0.2) is 9.18 Å². The summed E-state index contributed by atoms with van der Waals surface area (Å²) in [6, 6.07) is 9.63. The third-order valence-electron chi connectivity index (χ3n) is 3.13. The quantitative estimate of drug-likeness (QED) is 0.617. The van der Waals surface area contributed by atoms with Crippen LogP contribution in [0, 0.1) is 15.9 Å². The fraction of sp³-hybridized carbons (Fsp3) is 0.278. The maximum atomic E-state index is 13.7. The first-order valence-corrected chi connectivity index (χ1v) is 7.80. The zero-order valence-corrected chi connectivity index (χ0v) is 14.6. The van der Waals surface area contributed by atoms with E-state index >= 15 is 0 Å². The second kappa shape index (κ2) is 7.81. The second-order valence-corrected chi connectivity index (χ2v) is 6.47. The molecule has 0 aliphatic rings. The number of rotatable bonds is 5. The van der Waals surface area contributed by atoms with Gasteiger partial charge in [-0.2, -0.15) is 0 Å². The molecular weight excluding hydrogens is 343 g/mol. The summed E-state index contributed by atoms with van der Waals surface area (Å²) < 4.78 is 24.3. The molecule has 1 N–H and O–H groups in total. The Morgan fingerprint density at radius 3 is 2.42 bits per heavy atom. The number of nitrogens with zero attached hydrogens (tertiary/aromatic N) is 1. The lowest BCUT2D eigenvalue weighted by molar-refractivity contribution is -0.385. The molecule has 7 nitrogen and oxygen atoms in total. The SMILES string of the molecule is CC(C)(C)OC(=O)Nc1ccc(OCc2cc([N+](=O)[O-])ccc2F)cc1. The molecule has 0 radical (unpaired) electrons. The van der Waals surface area contributed by atoms with Gasteiger partial charge in [-0.05, 0) is 51.1 Å². The molecule has 0 saturated carbocycles. The highest BCUT2D eigenvalue weighted by atomic mass is 19.1. The van der Waals surface area contributed by atoms with Crippen LogP contribution in [0.3, 0.4) is 0 Å². The summed E-state index contributed by atoms with van der Waals surface area (Å²) in [5.74, 6) is -0.163. The van der Waals surface area contributed by atoms with E-state index in [2.05, 4.69) is 5.32 Å². The van der Waals surface area contributed by atoms with Gasteiger partial charge in [0.25, 0.3) is 5.69 Å². The minimum atomic E-state index is -0.602. The predicted molar refractivity (Wildman–Crippen MR) is 93.7 cm³/mol. The van der Waals surface area contributed by atoms with Gasteiger partial charge in [0.15, 0.2) is 0 Å². The molecule has 0 aromatic heterocycles. The number of ether oxygens (including phenoxy) is 2. The predicted octanol–water partition coefficient (Wildman–Crippen LogP) is 4.66. The van der Waals surface area contributed by atoms with E-state index in [0.717, 1.165) is 18.2 Å². The molecule has 2 rings (SSSR count). The van der Waals surface area contributed by atoms with Crippen molar-refractivity contribution in [3.8, 4) is 5.75 Å². The van der Waals surface area contributed by atoms with Crippen LogP contribution in [0.4, 0.5) is 20.6 Å². The van der Waals surface area contributed by atoms with Crippen molar-refractivity contribution in [2.24, 2.45) is 0 Å².